The number of carboxylic acid groups (broad SMARTS) is 1. The predicted molar refractivity (Wildman–Crippen MR) is 60.6 cm³/mol. The molecule has 1 unspecified atom stereocenters. The van der Waals surface area contributed by atoms with Crippen molar-refractivity contribution in [3.05, 3.63) is 35.4 Å². The standard InChI is InChI=1S/C13H16F2O2/c1-13(2,3)9(12(16)17)6-8-4-5-10(14)11(15)7-8/h4-5,7,9H,6H2,1-3H3,(H,16,17). The molecule has 1 aromatic carbocycles. The first-order valence-electron chi connectivity index (χ1n) is 5.38. The molecule has 0 aliphatic rings. The van der Waals surface area contributed by atoms with Crippen LogP contribution in [0.3, 0.4) is 0 Å². The maximum Gasteiger partial charge on any atom is 0.307 e. The Hall–Kier alpha value is -1.45. The van der Waals surface area contributed by atoms with Crippen LogP contribution in [0.25, 0.3) is 0 Å². The Balaban J connectivity index is 2.95. The van der Waals surface area contributed by atoms with Gasteiger partial charge in [0.2, 0.25) is 0 Å². The summed E-state index contributed by atoms with van der Waals surface area (Å²) in [6.07, 6.45) is 0.191. The fraction of sp³-hybridized carbons (Fsp3) is 0.462. The Morgan fingerprint density at radius 1 is 1.29 bits per heavy atom. The highest BCUT2D eigenvalue weighted by atomic mass is 19.2. The molecule has 0 fully saturated rings. The van der Waals surface area contributed by atoms with Crippen molar-refractivity contribution in [1.29, 1.82) is 0 Å². The first-order valence-corrected chi connectivity index (χ1v) is 5.38. The smallest absolute Gasteiger partial charge is 0.307 e. The molecular weight excluding hydrogens is 226 g/mol. The van der Waals surface area contributed by atoms with Crippen LogP contribution in [-0.4, -0.2) is 11.1 Å². The number of carboxylic acids is 1. The van der Waals surface area contributed by atoms with Gasteiger partial charge < -0.3 is 5.11 Å². The number of rotatable bonds is 3. The van der Waals surface area contributed by atoms with E-state index < -0.39 is 28.9 Å². The van der Waals surface area contributed by atoms with Crippen molar-refractivity contribution in [1.82, 2.24) is 0 Å². The second-order valence-electron chi connectivity index (χ2n) is 5.21. The van der Waals surface area contributed by atoms with Crippen LogP contribution >= 0.6 is 0 Å². The molecule has 0 heterocycles. The summed E-state index contributed by atoms with van der Waals surface area (Å²) < 4.78 is 25.7. The van der Waals surface area contributed by atoms with Crippen LogP contribution in [0.4, 0.5) is 8.78 Å². The fourth-order valence-corrected chi connectivity index (χ4v) is 1.67. The third kappa shape index (κ3) is 3.51. The first-order chi connectivity index (χ1) is 7.71. The van der Waals surface area contributed by atoms with Crippen molar-refractivity contribution in [3.8, 4) is 0 Å². The topological polar surface area (TPSA) is 37.3 Å². The minimum Gasteiger partial charge on any atom is -0.481 e. The van der Waals surface area contributed by atoms with Gasteiger partial charge in [-0.05, 0) is 29.5 Å². The van der Waals surface area contributed by atoms with E-state index in [1.54, 1.807) is 0 Å². The molecule has 0 aliphatic carbocycles. The van der Waals surface area contributed by atoms with Crippen molar-refractivity contribution >= 4 is 5.97 Å². The van der Waals surface area contributed by atoms with Gasteiger partial charge in [-0.15, -0.1) is 0 Å². The number of aliphatic carboxylic acids is 1. The van der Waals surface area contributed by atoms with Gasteiger partial charge in [0, 0.05) is 0 Å². The van der Waals surface area contributed by atoms with E-state index in [1.807, 2.05) is 20.8 Å². The van der Waals surface area contributed by atoms with Crippen LogP contribution in [0.2, 0.25) is 0 Å². The van der Waals surface area contributed by atoms with Gasteiger partial charge in [-0.25, -0.2) is 8.78 Å². The van der Waals surface area contributed by atoms with Crippen molar-refractivity contribution in [3.63, 3.8) is 0 Å². The van der Waals surface area contributed by atoms with Crippen molar-refractivity contribution in [2.75, 3.05) is 0 Å². The summed E-state index contributed by atoms with van der Waals surface area (Å²) in [6, 6.07) is 3.49. The van der Waals surface area contributed by atoms with E-state index in [9.17, 15) is 13.6 Å². The summed E-state index contributed by atoms with van der Waals surface area (Å²) in [4.78, 5) is 11.1. The van der Waals surface area contributed by atoms with E-state index >= 15 is 0 Å². The van der Waals surface area contributed by atoms with Gasteiger partial charge in [-0.2, -0.15) is 0 Å². The van der Waals surface area contributed by atoms with Gasteiger partial charge in [0.25, 0.3) is 0 Å². The molecule has 0 amide bonds. The summed E-state index contributed by atoms with van der Waals surface area (Å²) in [5, 5.41) is 9.13. The maximum atomic E-state index is 13.0. The van der Waals surface area contributed by atoms with E-state index in [1.165, 1.54) is 6.07 Å². The highest BCUT2D eigenvalue weighted by Gasteiger charge is 2.31. The maximum absolute atomic E-state index is 13.0. The minimum atomic E-state index is -0.944. The molecule has 4 heteroatoms. The molecule has 1 aromatic rings. The van der Waals surface area contributed by atoms with Crippen molar-refractivity contribution in [2.24, 2.45) is 11.3 Å². The number of carbonyl (C=O) groups is 1. The molecule has 0 saturated heterocycles. The monoisotopic (exact) mass is 242 g/mol. The van der Waals surface area contributed by atoms with E-state index in [2.05, 4.69) is 0 Å². The van der Waals surface area contributed by atoms with E-state index in [-0.39, 0.29) is 6.42 Å². The fourth-order valence-electron chi connectivity index (χ4n) is 1.67. The molecule has 2 nitrogen and oxygen atoms in total. The Morgan fingerprint density at radius 2 is 1.88 bits per heavy atom. The highest BCUT2D eigenvalue weighted by molar-refractivity contribution is 5.71. The summed E-state index contributed by atoms with van der Waals surface area (Å²) in [7, 11) is 0. The largest absolute Gasteiger partial charge is 0.481 e. The lowest BCUT2D eigenvalue weighted by Crippen LogP contribution is -2.30. The molecule has 0 aliphatic heterocycles. The Labute approximate surface area is 99.3 Å². The first kappa shape index (κ1) is 13.6. The molecule has 0 bridgehead atoms. The van der Waals surface area contributed by atoms with Gasteiger partial charge >= 0.3 is 5.97 Å². The Bertz CT molecular complexity index is 422. The lowest BCUT2D eigenvalue weighted by atomic mass is 9.77. The van der Waals surface area contributed by atoms with Gasteiger partial charge in [0.05, 0.1) is 5.92 Å². The average Bonchev–Trinajstić information content (AvgIpc) is 2.17. The van der Waals surface area contributed by atoms with Gasteiger partial charge in [0.1, 0.15) is 0 Å². The van der Waals surface area contributed by atoms with Crippen LogP contribution in [0.15, 0.2) is 18.2 Å². The van der Waals surface area contributed by atoms with Crippen LogP contribution in [0.1, 0.15) is 26.3 Å². The van der Waals surface area contributed by atoms with Crippen LogP contribution in [0, 0.1) is 23.0 Å². The lowest BCUT2D eigenvalue weighted by molar-refractivity contribution is -0.145. The SMILES string of the molecule is CC(C)(C)C(Cc1ccc(F)c(F)c1)C(=O)O. The molecular formula is C13H16F2O2. The van der Waals surface area contributed by atoms with Crippen molar-refractivity contribution in [2.45, 2.75) is 27.2 Å². The van der Waals surface area contributed by atoms with Crippen LogP contribution in [-0.2, 0) is 11.2 Å². The average molecular weight is 242 g/mol. The summed E-state index contributed by atoms with van der Waals surface area (Å²) in [5.74, 6) is -3.42. The zero-order chi connectivity index (χ0) is 13.2. The molecule has 1 atom stereocenters. The number of benzene rings is 1. The third-order valence-corrected chi connectivity index (χ3v) is 2.77. The molecule has 0 saturated carbocycles. The number of halogens is 2. The molecule has 0 aromatic heterocycles. The minimum absolute atomic E-state index is 0.191. The summed E-state index contributed by atoms with van der Waals surface area (Å²) in [5.41, 5.74) is 0.0580. The Kier molecular flexibility index (Phi) is 3.86. The zero-order valence-corrected chi connectivity index (χ0v) is 10.1. The molecule has 0 spiro atoms. The van der Waals surface area contributed by atoms with Gasteiger partial charge in [-0.3, -0.25) is 4.79 Å². The summed E-state index contributed by atoms with van der Waals surface area (Å²) in [6.45, 7) is 5.43. The second kappa shape index (κ2) is 4.82. The third-order valence-electron chi connectivity index (χ3n) is 2.77. The molecule has 1 N–H and O–H groups in total. The van der Waals surface area contributed by atoms with E-state index in [0.717, 1.165) is 12.1 Å². The van der Waals surface area contributed by atoms with Gasteiger partial charge in [0.15, 0.2) is 11.6 Å². The van der Waals surface area contributed by atoms with Crippen molar-refractivity contribution < 1.29 is 18.7 Å². The zero-order valence-electron chi connectivity index (χ0n) is 10.1. The Morgan fingerprint density at radius 3 is 2.29 bits per heavy atom. The molecule has 17 heavy (non-hydrogen) atoms. The second-order valence-corrected chi connectivity index (χ2v) is 5.21. The summed E-state index contributed by atoms with van der Waals surface area (Å²) >= 11 is 0. The normalized spacial score (nSPS) is 13.5. The highest BCUT2D eigenvalue weighted by Crippen LogP contribution is 2.29. The van der Waals surface area contributed by atoms with Crippen LogP contribution < -0.4 is 0 Å². The number of hydrogen-bond donors (Lipinski definition) is 1. The molecule has 1 rings (SSSR count). The lowest BCUT2D eigenvalue weighted by Gasteiger charge is -2.27. The van der Waals surface area contributed by atoms with E-state index in [0.29, 0.717) is 5.56 Å². The van der Waals surface area contributed by atoms with Crippen LogP contribution in [0.5, 0.6) is 0 Å². The predicted octanol–water partition coefficient (Wildman–Crippen LogP) is 3.25. The molecule has 0 radical (unpaired) electrons. The van der Waals surface area contributed by atoms with Gasteiger partial charge in [-0.1, -0.05) is 26.8 Å². The number of hydrogen-bond acceptors (Lipinski definition) is 1. The quantitative estimate of drug-likeness (QED) is 0.883. The van der Waals surface area contributed by atoms with E-state index in [4.69, 9.17) is 5.11 Å². The molecule has 94 valence electrons.